The van der Waals surface area contributed by atoms with Crippen LogP contribution in [0.25, 0.3) is 10.9 Å². The summed E-state index contributed by atoms with van der Waals surface area (Å²) in [5.41, 5.74) is -0.0624. The molecule has 1 aromatic carbocycles. The third kappa shape index (κ3) is 3.81. The number of aryl methyl sites for hydroxylation is 1. The molecule has 0 aliphatic heterocycles. The number of halogens is 2. The molecule has 7 heteroatoms. The average molecular weight is 364 g/mol. The average Bonchev–Trinajstić information content (AvgIpc) is 2.54. The SMILES string of the molecule is CCOC(=O)C(F)(F)c1ccc(NC(=O)C(C)(C)C)c2nc(C)ccc12. The molecule has 0 atom stereocenters. The molecule has 0 aliphatic rings. The number of aromatic nitrogens is 1. The molecule has 0 bridgehead atoms. The maximum atomic E-state index is 14.6. The normalized spacial score (nSPS) is 12.1. The van der Waals surface area contributed by atoms with Crippen LogP contribution in [0.1, 0.15) is 39.0 Å². The topological polar surface area (TPSA) is 68.3 Å². The van der Waals surface area contributed by atoms with Crippen molar-refractivity contribution >= 4 is 28.5 Å². The number of nitrogens with one attached hydrogen (secondary N) is 1. The Morgan fingerprint density at radius 3 is 2.38 bits per heavy atom. The number of hydrogen-bond donors (Lipinski definition) is 1. The molecular formula is C19H22F2N2O3. The van der Waals surface area contributed by atoms with Gasteiger partial charge in [-0.25, -0.2) is 4.79 Å². The fraction of sp³-hybridized carbons (Fsp3) is 0.421. The van der Waals surface area contributed by atoms with Crippen LogP contribution in [0.15, 0.2) is 24.3 Å². The lowest BCUT2D eigenvalue weighted by Crippen LogP contribution is -2.29. The van der Waals surface area contributed by atoms with E-state index in [1.165, 1.54) is 19.1 Å². The predicted molar refractivity (Wildman–Crippen MR) is 95.1 cm³/mol. The number of ether oxygens (including phenoxy) is 1. The third-order valence-electron chi connectivity index (χ3n) is 3.80. The summed E-state index contributed by atoms with van der Waals surface area (Å²) in [6.45, 7) is 8.25. The monoisotopic (exact) mass is 364 g/mol. The number of carbonyl (C=O) groups is 2. The van der Waals surface area contributed by atoms with Crippen LogP contribution in [0.3, 0.4) is 0 Å². The summed E-state index contributed by atoms with van der Waals surface area (Å²) >= 11 is 0. The summed E-state index contributed by atoms with van der Waals surface area (Å²) in [5, 5.41) is 2.81. The molecule has 0 unspecified atom stereocenters. The molecule has 2 aromatic rings. The first-order valence-corrected chi connectivity index (χ1v) is 8.25. The number of carbonyl (C=O) groups excluding carboxylic acids is 2. The zero-order valence-electron chi connectivity index (χ0n) is 15.4. The fourth-order valence-electron chi connectivity index (χ4n) is 2.33. The van der Waals surface area contributed by atoms with Gasteiger partial charge in [-0.3, -0.25) is 9.78 Å². The minimum atomic E-state index is -3.82. The van der Waals surface area contributed by atoms with Crippen LogP contribution in [0, 0.1) is 12.3 Å². The van der Waals surface area contributed by atoms with Gasteiger partial charge in [-0.1, -0.05) is 26.8 Å². The Bertz CT molecular complexity index is 858. The number of esters is 1. The van der Waals surface area contributed by atoms with Crippen molar-refractivity contribution in [3.8, 4) is 0 Å². The van der Waals surface area contributed by atoms with Gasteiger partial charge in [0.05, 0.1) is 17.8 Å². The van der Waals surface area contributed by atoms with E-state index in [4.69, 9.17) is 0 Å². The van der Waals surface area contributed by atoms with Gasteiger partial charge in [0.25, 0.3) is 0 Å². The van der Waals surface area contributed by atoms with Gasteiger partial charge in [-0.15, -0.1) is 0 Å². The Hall–Kier alpha value is -2.57. The summed E-state index contributed by atoms with van der Waals surface area (Å²) in [6.07, 6.45) is 0. The van der Waals surface area contributed by atoms with Gasteiger partial charge in [0.1, 0.15) is 0 Å². The van der Waals surface area contributed by atoms with E-state index < -0.39 is 22.9 Å². The Balaban J connectivity index is 2.62. The molecule has 1 heterocycles. The zero-order chi connectivity index (χ0) is 19.7. The van der Waals surface area contributed by atoms with Crippen LogP contribution in [0.5, 0.6) is 0 Å². The van der Waals surface area contributed by atoms with Crippen LogP contribution >= 0.6 is 0 Å². The largest absolute Gasteiger partial charge is 0.461 e. The van der Waals surface area contributed by atoms with Crippen molar-refractivity contribution in [2.75, 3.05) is 11.9 Å². The number of pyridine rings is 1. The highest BCUT2D eigenvalue weighted by molar-refractivity contribution is 6.04. The number of nitrogens with zero attached hydrogens (tertiary/aromatic N) is 1. The van der Waals surface area contributed by atoms with Gasteiger partial charge in [-0.05, 0) is 32.0 Å². The zero-order valence-corrected chi connectivity index (χ0v) is 15.4. The molecule has 0 saturated heterocycles. The summed E-state index contributed by atoms with van der Waals surface area (Å²) in [4.78, 5) is 28.3. The van der Waals surface area contributed by atoms with Gasteiger partial charge in [-0.2, -0.15) is 8.78 Å². The molecule has 0 spiro atoms. The maximum absolute atomic E-state index is 14.6. The second kappa shape index (κ2) is 6.97. The van der Waals surface area contributed by atoms with Crippen molar-refractivity contribution in [3.63, 3.8) is 0 Å². The first kappa shape index (κ1) is 19.8. The molecular weight excluding hydrogens is 342 g/mol. The third-order valence-corrected chi connectivity index (χ3v) is 3.80. The number of alkyl halides is 2. The highest BCUT2D eigenvalue weighted by Crippen LogP contribution is 2.37. The lowest BCUT2D eigenvalue weighted by molar-refractivity contribution is -0.172. The molecule has 1 N–H and O–H groups in total. The van der Waals surface area contributed by atoms with Crippen molar-refractivity contribution in [3.05, 3.63) is 35.5 Å². The molecule has 140 valence electrons. The lowest BCUT2D eigenvalue weighted by atomic mass is 9.95. The minimum absolute atomic E-state index is 0.0837. The summed E-state index contributed by atoms with van der Waals surface area (Å²) in [6, 6.07) is 5.49. The van der Waals surface area contributed by atoms with E-state index in [0.29, 0.717) is 11.4 Å². The van der Waals surface area contributed by atoms with Gasteiger partial charge < -0.3 is 10.1 Å². The minimum Gasteiger partial charge on any atom is -0.461 e. The lowest BCUT2D eigenvalue weighted by Gasteiger charge is -2.21. The number of fused-ring (bicyclic) bond motifs is 1. The molecule has 1 aromatic heterocycles. The molecule has 0 radical (unpaired) electrons. The van der Waals surface area contributed by atoms with Crippen molar-refractivity contribution < 1.29 is 23.1 Å². The standard InChI is InChI=1S/C19H22F2N2O3/c1-6-26-17(25)19(20,21)13-9-10-14(23-16(24)18(3,4)5)15-12(13)8-7-11(2)22-15/h7-10H,6H2,1-5H3,(H,23,24). The summed E-state index contributed by atoms with van der Waals surface area (Å²) in [5.74, 6) is -5.71. The van der Waals surface area contributed by atoms with E-state index >= 15 is 0 Å². The first-order valence-electron chi connectivity index (χ1n) is 8.25. The molecule has 2 rings (SSSR count). The Morgan fingerprint density at radius 1 is 1.15 bits per heavy atom. The van der Waals surface area contributed by atoms with E-state index in [1.807, 2.05) is 0 Å². The van der Waals surface area contributed by atoms with E-state index in [9.17, 15) is 18.4 Å². The van der Waals surface area contributed by atoms with Crippen LogP contribution in [-0.2, 0) is 20.2 Å². The number of anilines is 1. The van der Waals surface area contributed by atoms with Crippen molar-refractivity contribution in [1.29, 1.82) is 0 Å². The smallest absolute Gasteiger partial charge is 0.382 e. The van der Waals surface area contributed by atoms with Crippen LogP contribution in [-0.4, -0.2) is 23.5 Å². The van der Waals surface area contributed by atoms with Gasteiger partial charge >= 0.3 is 11.9 Å². The van der Waals surface area contributed by atoms with Gasteiger partial charge in [0.2, 0.25) is 5.91 Å². The molecule has 26 heavy (non-hydrogen) atoms. The Labute approximate surface area is 150 Å². The van der Waals surface area contributed by atoms with Crippen LogP contribution in [0.2, 0.25) is 0 Å². The fourth-order valence-corrected chi connectivity index (χ4v) is 2.33. The second-order valence-corrected chi connectivity index (χ2v) is 7.01. The molecule has 1 amide bonds. The number of benzene rings is 1. The summed E-state index contributed by atoms with van der Waals surface area (Å²) in [7, 11) is 0. The van der Waals surface area contributed by atoms with Crippen LogP contribution in [0.4, 0.5) is 14.5 Å². The summed E-state index contributed by atoms with van der Waals surface area (Å²) < 4.78 is 33.6. The number of amides is 1. The highest BCUT2D eigenvalue weighted by Gasteiger charge is 2.44. The molecule has 0 fully saturated rings. The van der Waals surface area contributed by atoms with E-state index in [-0.39, 0.29) is 23.4 Å². The quantitative estimate of drug-likeness (QED) is 0.827. The number of rotatable bonds is 4. The molecule has 5 nitrogen and oxygen atoms in total. The van der Waals surface area contributed by atoms with Crippen molar-refractivity contribution in [1.82, 2.24) is 4.98 Å². The molecule has 0 aliphatic carbocycles. The van der Waals surface area contributed by atoms with E-state index in [2.05, 4.69) is 15.0 Å². The van der Waals surface area contributed by atoms with Gasteiger partial charge in [0, 0.05) is 22.1 Å². The predicted octanol–water partition coefficient (Wildman–Crippen LogP) is 4.18. The molecule has 0 saturated carbocycles. The van der Waals surface area contributed by atoms with Crippen LogP contribution < -0.4 is 5.32 Å². The second-order valence-electron chi connectivity index (χ2n) is 7.01. The van der Waals surface area contributed by atoms with Gasteiger partial charge in [0.15, 0.2) is 0 Å². The van der Waals surface area contributed by atoms with Crippen molar-refractivity contribution in [2.45, 2.75) is 40.5 Å². The maximum Gasteiger partial charge on any atom is 0.382 e. The van der Waals surface area contributed by atoms with E-state index in [1.54, 1.807) is 33.8 Å². The van der Waals surface area contributed by atoms with Crippen molar-refractivity contribution in [2.24, 2.45) is 5.41 Å². The highest BCUT2D eigenvalue weighted by atomic mass is 19.3. The van der Waals surface area contributed by atoms with E-state index in [0.717, 1.165) is 6.07 Å². The Morgan fingerprint density at radius 2 is 1.81 bits per heavy atom. The Kier molecular flexibility index (Phi) is 5.30. The number of hydrogen-bond acceptors (Lipinski definition) is 4. The first-order chi connectivity index (χ1) is 12.0.